The number of carbonyl (C=O) groups excluding carboxylic acids is 4. The zero-order valence-corrected chi connectivity index (χ0v) is 39.7. The summed E-state index contributed by atoms with van der Waals surface area (Å²) in [5, 5.41) is 7.25. The van der Waals surface area contributed by atoms with E-state index in [1.165, 1.54) is 0 Å². The average Bonchev–Trinajstić information content (AvgIpc) is 3.56. The molecule has 3 aliphatic heterocycles. The first-order chi connectivity index (χ1) is 31.9. The molecule has 2 N–H and O–H groups in total. The van der Waals surface area contributed by atoms with E-state index in [0.29, 0.717) is 93.5 Å². The number of aromatic nitrogens is 2. The van der Waals surface area contributed by atoms with Crippen LogP contribution in [0.15, 0.2) is 66.9 Å². The van der Waals surface area contributed by atoms with E-state index in [2.05, 4.69) is 38.7 Å². The molecule has 7 rings (SSSR count). The van der Waals surface area contributed by atoms with Gasteiger partial charge in [0.25, 0.3) is 11.8 Å². The number of carbonyl (C=O) groups is 4. The van der Waals surface area contributed by atoms with Gasteiger partial charge in [0.2, 0.25) is 11.8 Å². The molecule has 66 heavy (non-hydrogen) atoms. The number of anilines is 1. The molecule has 352 valence electrons. The minimum Gasteiger partial charge on any atom is -0.496 e. The Hall–Kier alpha value is -5.02. The molecule has 1 aromatic heterocycles. The third kappa shape index (κ3) is 12.5. The SMILES string of the molecule is COc1cc(N2CCC(NCCCOCCOCCOCCCc3cccc4c3C(=O)N(C3CCC(=O)NC3=O)C4=O)CC2)ccc1Cc1ncc(Cl)c(Cc2ccccc2P(C)(C)=O)n1. The molecule has 1 unspecified atom stereocenters. The van der Waals surface area contributed by atoms with E-state index in [1.54, 1.807) is 38.8 Å². The Bertz CT molecular complexity index is 2420. The molecule has 0 spiro atoms. The zero-order chi connectivity index (χ0) is 46.6. The van der Waals surface area contributed by atoms with Crippen LogP contribution in [-0.4, -0.2) is 130 Å². The second kappa shape index (κ2) is 23.1. The lowest BCUT2D eigenvalue weighted by Gasteiger charge is -2.34. The minimum atomic E-state index is -2.47. The van der Waals surface area contributed by atoms with Crippen LogP contribution >= 0.6 is 18.7 Å². The van der Waals surface area contributed by atoms with Gasteiger partial charge in [-0.15, -0.1) is 0 Å². The minimum absolute atomic E-state index is 0.0819. The van der Waals surface area contributed by atoms with Crippen LogP contribution in [0.5, 0.6) is 5.75 Å². The molecular weight excluding hydrogens is 883 g/mol. The van der Waals surface area contributed by atoms with E-state index >= 15 is 0 Å². The summed E-state index contributed by atoms with van der Waals surface area (Å²) in [4.78, 5) is 63.1. The molecule has 2 saturated heterocycles. The standard InChI is InChI=1S/C49H60ClN6O9P/c1-62-42-31-37(15-14-34(42)30-44-52-32-39(50)40(53-44)29-35-9-4-5-13-43(35)66(2,3)61)55-21-18-36(19-22-55)51-20-8-24-64-26-28-65-27-25-63-23-7-11-33-10-6-12-38-46(33)49(60)56(48(38)59)41-16-17-45(57)54-47(41)58/h4-6,9-10,12-15,31-32,36,41,51H,7-8,11,16-30H2,1-3H3,(H,54,57,58). The number of nitrogens with zero attached hydrogens (tertiary/aromatic N) is 4. The Morgan fingerprint density at radius 2 is 1.53 bits per heavy atom. The number of imide groups is 2. The summed E-state index contributed by atoms with van der Waals surface area (Å²) in [5.74, 6) is -0.582. The number of halogens is 1. The van der Waals surface area contributed by atoms with Gasteiger partial charge in [0, 0.05) is 80.4 Å². The molecule has 3 aromatic carbocycles. The number of aryl methyl sites for hydroxylation is 1. The van der Waals surface area contributed by atoms with Crippen molar-refractivity contribution in [3.8, 4) is 5.75 Å². The molecule has 3 aliphatic rings. The fourth-order valence-corrected chi connectivity index (χ4v) is 10.2. The summed E-state index contributed by atoms with van der Waals surface area (Å²) >= 11 is 6.55. The quantitative estimate of drug-likeness (QED) is 0.0534. The van der Waals surface area contributed by atoms with Gasteiger partial charge in [-0.1, -0.05) is 54.1 Å². The molecule has 0 radical (unpaired) electrons. The van der Waals surface area contributed by atoms with Crippen LogP contribution in [0.3, 0.4) is 0 Å². The fourth-order valence-electron chi connectivity index (χ4n) is 8.79. The van der Waals surface area contributed by atoms with E-state index in [4.69, 9.17) is 35.5 Å². The summed E-state index contributed by atoms with van der Waals surface area (Å²) in [7, 11) is -0.785. The predicted molar refractivity (Wildman–Crippen MR) is 253 cm³/mol. The van der Waals surface area contributed by atoms with Crippen LogP contribution in [-0.2, 0) is 47.6 Å². The first-order valence-corrected chi connectivity index (χ1v) is 25.7. The highest BCUT2D eigenvalue weighted by molar-refractivity contribution is 7.70. The molecule has 4 heterocycles. The number of benzene rings is 3. The van der Waals surface area contributed by atoms with E-state index in [0.717, 1.165) is 77.2 Å². The molecule has 4 aromatic rings. The Morgan fingerprint density at radius 1 is 0.818 bits per heavy atom. The van der Waals surface area contributed by atoms with Gasteiger partial charge in [0.05, 0.1) is 55.4 Å². The molecule has 0 aliphatic carbocycles. The van der Waals surface area contributed by atoms with Crippen molar-refractivity contribution in [2.45, 2.75) is 69.9 Å². The van der Waals surface area contributed by atoms with Crippen molar-refractivity contribution in [3.05, 3.63) is 111 Å². The van der Waals surface area contributed by atoms with Crippen LogP contribution in [0, 0.1) is 0 Å². The van der Waals surface area contributed by atoms with Gasteiger partial charge in [-0.3, -0.25) is 29.4 Å². The van der Waals surface area contributed by atoms with Crippen LogP contribution in [0.1, 0.15) is 87.4 Å². The summed E-state index contributed by atoms with van der Waals surface area (Å²) in [5.41, 5.74) is 5.13. The zero-order valence-electron chi connectivity index (χ0n) is 38.0. The van der Waals surface area contributed by atoms with E-state index in [1.807, 2.05) is 30.3 Å². The first kappa shape index (κ1) is 48.9. The summed E-state index contributed by atoms with van der Waals surface area (Å²) in [6.07, 6.45) is 6.98. The van der Waals surface area contributed by atoms with Crippen LogP contribution in [0.2, 0.25) is 5.02 Å². The highest BCUT2D eigenvalue weighted by atomic mass is 35.5. The number of piperidine rings is 2. The van der Waals surface area contributed by atoms with Crippen molar-refractivity contribution in [2.24, 2.45) is 0 Å². The average molecular weight is 943 g/mol. The van der Waals surface area contributed by atoms with Gasteiger partial charge in [-0.2, -0.15) is 0 Å². The van der Waals surface area contributed by atoms with Crippen molar-refractivity contribution in [1.29, 1.82) is 0 Å². The van der Waals surface area contributed by atoms with Gasteiger partial charge in [0.1, 0.15) is 24.8 Å². The third-order valence-corrected chi connectivity index (χ3v) is 14.1. The van der Waals surface area contributed by atoms with Gasteiger partial charge in [-0.05, 0) is 81.7 Å². The smallest absolute Gasteiger partial charge is 0.262 e. The van der Waals surface area contributed by atoms with Gasteiger partial charge >= 0.3 is 0 Å². The largest absolute Gasteiger partial charge is 0.496 e. The number of hydrogen-bond acceptors (Lipinski definition) is 13. The number of fused-ring (bicyclic) bond motifs is 1. The van der Waals surface area contributed by atoms with Crippen LogP contribution < -0.4 is 25.6 Å². The van der Waals surface area contributed by atoms with Crippen molar-refractivity contribution >= 4 is 53.4 Å². The number of ether oxygens (including phenoxy) is 4. The highest BCUT2D eigenvalue weighted by Crippen LogP contribution is 2.37. The van der Waals surface area contributed by atoms with E-state index in [-0.39, 0.29) is 18.4 Å². The maximum Gasteiger partial charge on any atom is 0.262 e. The number of nitrogens with one attached hydrogen (secondary N) is 2. The summed E-state index contributed by atoms with van der Waals surface area (Å²) in [6.45, 7) is 9.29. The second-order valence-electron chi connectivity index (χ2n) is 17.2. The number of rotatable bonds is 23. The molecule has 15 nitrogen and oxygen atoms in total. The van der Waals surface area contributed by atoms with Gasteiger partial charge in [-0.25, -0.2) is 9.97 Å². The predicted octanol–water partition coefficient (Wildman–Crippen LogP) is 5.60. The summed E-state index contributed by atoms with van der Waals surface area (Å²) < 4.78 is 36.0. The molecular formula is C49H60ClN6O9P. The molecule has 4 amide bonds. The van der Waals surface area contributed by atoms with Crippen molar-refractivity contribution in [3.63, 3.8) is 0 Å². The monoisotopic (exact) mass is 942 g/mol. The normalized spacial score (nSPS) is 16.8. The van der Waals surface area contributed by atoms with Crippen molar-refractivity contribution in [1.82, 2.24) is 25.5 Å². The third-order valence-electron chi connectivity index (χ3n) is 12.2. The number of methoxy groups -OCH3 is 1. The van der Waals surface area contributed by atoms with Crippen molar-refractivity contribution in [2.75, 3.05) is 84.6 Å². The maximum absolute atomic E-state index is 13.3. The number of amides is 4. The van der Waals surface area contributed by atoms with E-state index < -0.39 is 36.8 Å². The highest BCUT2D eigenvalue weighted by Gasteiger charge is 2.45. The lowest BCUT2D eigenvalue weighted by Crippen LogP contribution is -2.54. The second-order valence-corrected chi connectivity index (χ2v) is 20.8. The molecule has 17 heteroatoms. The van der Waals surface area contributed by atoms with Crippen LogP contribution in [0.25, 0.3) is 0 Å². The summed E-state index contributed by atoms with van der Waals surface area (Å²) in [6, 6.07) is 18.7. The lowest BCUT2D eigenvalue weighted by molar-refractivity contribution is -0.136. The first-order valence-electron chi connectivity index (χ1n) is 22.8. The Kier molecular flexibility index (Phi) is 17.1. The van der Waals surface area contributed by atoms with Crippen LogP contribution in [0.4, 0.5) is 5.69 Å². The Morgan fingerprint density at radius 3 is 2.26 bits per heavy atom. The molecule has 2 fully saturated rings. The van der Waals surface area contributed by atoms with Gasteiger partial charge in [0.15, 0.2) is 0 Å². The van der Waals surface area contributed by atoms with Crippen molar-refractivity contribution < 1.29 is 42.7 Å². The Balaban J connectivity index is 0.729. The topological polar surface area (TPSA) is 179 Å². The fraction of sp³-hybridized carbons (Fsp3) is 0.469. The Labute approximate surface area is 391 Å². The van der Waals surface area contributed by atoms with Gasteiger partial charge < -0.3 is 33.7 Å². The number of hydrogen-bond donors (Lipinski definition) is 2. The molecule has 1 atom stereocenters. The maximum atomic E-state index is 13.3. The molecule has 0 saturated carbocycles. The van der Waals surface area contributed by atoms with E-state index in [9.17, 15) is 23.7 Å². The molecule has 0 bridgehead atoms. The lowest BCUT2D eigenvalue weighted by atomic mass is 9.99.